The molecular formula is C26H18IrNO3Se-. The number of aliphatic hydroxyl groups is 1. The molecule has 0 aliphatic heterocycles. The number of aromatic nitrogens is 1. The number of allylic oxidation sites excluding steroid dienone is 2. The van der Waals surface area contributed by atoms with Crippen molar-refractivity contribution in [3.05, 3.63) is 78.7 Å². The number of pyridine rings is 1. The summed E-state index contributed by atoms with van der Waals surface area (Å²) >= 11 is 0.184. The van der Waals surface area contributed by atoms with Crippen LogP contribution in [-0.4, -0.2) is 30.4 Å². The van der Waals surface area contributed by atoms with Gasteiger partial charge in [0.2, 0.25) is 0 Å². The Labute approximate surface area is 203 Å². The van der Waals surface area contributed by atoms with Gasteiger partial charge in [0.05, 0.1) is 5.76 Å². The van der Waals surface area contributed by atoms with E-state index in [4.69, 9.17) is 14.5 Å². The van der Waals surface area contributed by atoms with Crippen LogP contribution in [0, 0.1) is 6.07 Å². The van der Waals surface area contributed by atoms with Crippen molar-refractivity contribution in [1.82, 2.24) is 4.98 Å². The number of benzene rings is 3. The van der Waals surface area contributed by atoms with Gasteiger partial charge >= 0.3 is 143 Å². The average molecular weight is 664 g/mol. The zero-order valence-electron chi connectivity index (χ0n) is 17.3. The van der Waals surface area contributed by atoms with Gasteiger partial charge in [-0.3, -0.25) is 4.79 Å². The minimum absolute atomic E-state index is 0. The molecule has 1 radical (unpaired) electrons. The summed E-state index contributed by atoms with van der Waals surface area (Å²) in [5.74, 6) is -0.0625. The molecule has 0 fully saturated rings. The van der Waals surface area contributed by atoms with Crippen LogP contribution < -0.4 is 0 Å². The van der Waals surface area contributed by atoms with Crippen LogP contribution in [0.15, 0.2) is 77.0 Å². The fraction of sp³-hybridized carbons (Fsp3) is 0.0769. The third-order valence-electron chi connectivity index (χ3n) is 5.04. The van der Waals surface area contributed by atoms with Crippen LogP contribution >= 0.6 is 0 Å². The van der Waals surface area contributed by atoms with E-state index in [1.54, 1.807) is 0 Å². The molecule has 3 aromatic carbocycles. The van der Waals surface area contributed by atoms with Gasteiger partial charge in [-0.25, -0.2) is 0 Å². The first-order valence-electron chi connectivity index (χ1n) is 9.82. The van der Waals surface area contributed by atoms with E-state index in [-0.39, 0.29) is 46.2 Å². The van der Waals surface area contributed by atoms with Gasteiger partial charge in [0.1, 0.15) is 0 Å². The summed E-state index contributed by atoms with van der Waals surface area (Å²) in [6.07, 6.45) is 3.00. The van der Waals surface area contributed by atoms with Crippen molar-refractivity contribution < 1.29 is 34.4 Å². The fourth-order valence-electron chi connectivity index (χ4n) is 3.87. The average Bonchev–Trinajstić information content (AvgIpc) is 3.05. The molecule has 0 atom stereocenters. The Bertz CT molecular complexity index is 1640. The van der Waals surface area contributed by atoms with Crippen LogP contribution in [0.1, 0.15) is 13.8 Å². The van der Waals surface area contributed by atoms with E-state index in [1.165, 1.54) is 44.6 Å². The van der Waals surface area contributed by atoms with E-state index >= 15 is 0 Å². The van der Waals surface area contributed by atoms with Gasteiger partial charge in [-0.05, 0) is 13.8 Å². The maximum absolute atomic E-state index is 10.0. The van der Waals surface area contributed by atoms with Gasteiger partial charge in [-0.15, -0.1) is 0 Å². The molecule has 0 bridgehead atoms. The number of rotatable bonds is 1. The van der Waals surface area contributed by atoms with E-state index in [9.17, 15) is 4.79 Å². The normalized spacial score (nSPS) is 11.6. The van der Waals surface area contributed by atoms with Gasteiger partial charge in [-0.1, -0.05) is 0 Å². The molecule has 32 heavy (non-hydrogen) atoms. The summed E-state index contributed by atoms with van der Waals surface area (Å²) in [4.78, 5) is 14.7. The molecule has 6 heteroatoms. The third-order valence-corrected chi connectivity index (χ3v) is 7.53. The van der Waals surface area contributed by atoms with Crippen LogP contribution in [0.2, 0.25) is 0 Å². The summed E-state index contributed by atoms with van der Waals surface area (Å²) in [6.45, 7) is 2.85. The van der Waals surface area contributed by atoms with E-state index in [0.29, 0.717) is 0 Å². The summed E-state index contributed by atoms with van der Waals surface area (Å²) in [7, 11) is 0. The van der Waals surface area contributed by atoms with E-state index < -0.39 is 0 Å². The van der Waals surface area contributed by atoms with Gasteiger partial charge in [-0.2, -0.15) is 0 Å². The molecule has 161 valence electrons. The Morgan fingerprint density at radius 1 is 1.06 bits per heavy atom. The Balaban J connectivity index is 0.000000271. The number of aliphatic hydroxyl groups excluding tert-OH is 1. The summed E-state index contributed by atoms with van der Waals surface area (Å²) in [5.41, 5.74) is 2.86. The number of fused-ring (bicyclic) bond motifs is 4. The monoisotopic (exact) mass is 665 g/mol. The zero-order chi connectivity index (χ0) is 21.5. The molecular weight excluding hydrogens is 645 g/mol. The number of ketones is 1. The molecule has 6 rings (SSSR count). The molecule has 1 N–H and O–H groups in total. The first kappa shape index (κ1) is 22.4. The van der Waals surface area contributed by atoms with Crippen molar-refractivity contribution in [2.75, 3.05) is 0 Å². The van der Waals surface area contributed by atoms with E-state index in [1.807, 2.05) is 12.3 Å². The van der Waals surface area contributed by atoms with Crippen LogP contribution in [-0.2, 0) is 24.9 Å². The van der Waals surface area contributed by atoms with Crippen molar-refractivity contribution in [2.45, 2.75) is 13.8 Å². The van der Waals surface area contributed by atoms with Crippen LogP contribution in [0.5, 0.6) is 0 Å². The molecule has 3 heterocycles. The molecule has 3 aromatic heterocycles. The number of hydrogen-bond donors (Lipinski definition) is 1. The summed E-state index contributed by atoms with van der Waals surface area (Å²) in [6, 6.07) is 22.5. The molecule has 0 saturated carbocycles. The minimum atomic E-state index is -0.125. The molecule has 0 unspecified atom stereocenters. The molecule has 6 aromatic rings. The van der Waals surface area contributed by atoms with Crippen molar-refractivity contribution in [2.24, 2.45) is 0 Å². The van der Waals surface area contributed by atoms with Gasteiger partial charge in [0.25, 0.3) is 0 Å². The topological polar surface area (TPSA) is 63.3 Å². The zero-order valence-corrected chi connectivity index (χ0v) is 21.4. The number of carbonyl (C=O) groups is 1. The summed E-state index contributed by atoms with van der Waals surface area (Å²) < 4.78 is 8.79. The number of carbonyl (C=O) groups excluding carboxylic acids is 1. The van der Waals surface area contributed by atoms with Crippen molar-refractivity contribution in [1.29, 1.82) is 0 Å². The van der Waals surface area contributed by atoms with Crippen LogP contribution in [0.25, 0.3) is 52.1 Å². The second-order valence-corrected chi connectivity index (χ2v) is 9.55. The Kier molecular flexibility index (Phi) is 6.32. The second kappa shape index (κ2) is 9.01. The Hall–Kier alpha value is -2.75. The van der Waals surface area contributed by atoms with E-state index in [2.05, 4.69) is 54.6 Å². The van der Waals surface area contributed by atoms with Crippen LogP contribution in [0.4, 0.5) is 0 Å². The van der Waals surface area contributed by atoms with E-state index in [0.717, 1.165) is 27.5 Å². The Morgan fingerprint density at radius 2 is 1.84 bits per heavy atom. The van der Waals surface area contributed by atoms with Crippen molar-refractivity contribution in [3.63, 3.8) is 0 Å². The standard InChI is InChI=1S/C21H10NOSe.C5H8O2.Ir/c1-2-5-13-12(4-1)8-9-14-20-19-16(10-11-22-20)23-15-6-3-7-17(18(15)19)24-21(13)14;1-4(6)3-5(2)7;/h1-8,10-11H;3,6H,1-2H3;/q-1;;/b;4-3-;. The number of furan rings is 1. The SMILES string of the molecule is CC(=O)/C=C(/C)O.[Ir].[c-]1cc2ccccc2c2[se]c3cccc4oc5ccnc(c12)c5c43. The van der Waals surface area contributed by atoms with Crippen LogP contribution in [0.3, 0.4) is 0 Å². The molecule has 0 saturated heterocycles. The number of nitrogens with zero attached hydrogens (tertiary/aromatic N) is 1. The summed E-state index contributed by atoms with van der Waals surface area (Å²) in [5, 5.41) is 14.4. The second-order valence-electron chi connectivity index (χ2n) is 7.34. The maximum atomic E-state index is 10.0. The number of hydrogen-bond acceptors (Lipinski definition) is 4. The van der Waals surface area contributed by atoms with Gasteiger partial charge in [0.15, 0.2) is 5.78 Å². The fourth-order valence-corrected chi connectivity index (χ4v) is 6.44. The van der Waals surface area contributed by atoms with Gasteiger partial charge < -0.3 is 5.11 Å². The van der Waals surface area contributed by atoms with Crippen molar-refractivity contribution in [3.8, 4) is 0 Å². The molecule has 0 amide bonds. The molecule has 4 nitrogen and oxygen atoms in total. The molecule has 0 aliphatic rings. The Morgan fingerprint density at radius 3 is 2.59 bits per heavy atom. The predicted molar refractivity (Wildman–Crippen MR) is 127 cm³/mol. The third kappa shape index (κ3) is 3.92. The van der Waals surface area contributed by atoms with Gasteiger partial charge in [0, 0.05) is 26.2 Å². The predicted octanol–water partition coefficient (Wildman–Crippen LogP) is 6.33. The first-order chi connectivity index (χ1) is 15.0. The molecule has 0 aliphatic carbocycles. The van der Waals surface area contributed by atoms with Crippen molar-refractivity contribution >= 4 is 72.4 Å². The molecule has 0 spiro atoms. The first-order valence-corrected chi connectivity index (χ1v) is 11.5. The quantitative estimate of drug-likeness (QED) is 0.0967.